The predicted octanol–water partition coefficient (Wildman–Crippen LogP) is 4.25. The predicted molar refractivity (Wildman–Crippen MR) is 112 cm³/mol. The number of amides is 1. The molecule has 4 aromatic rings. The number of carbonyl (C=O) groups is 1. The molecular weight excluding hydrogens is 413 g/mol. The van der Waals surface area contributed by atoms with Crippen LogP contribution in [0.25, 0.3) is 11.3 Å². The first-order valence-electron chi connectivity index (χ1n) is 10.6. The Labute approximate surface area is 183 Å². The highest BCUT2D eigenvalue weighted by molar-refractivity contribution is 5.92. The maximum Gasteiger partial charge on any atom is 0.293 e. The van der Waals surface area contributed by atoms with E-state index in [-0.39, 0.29) is 23.5 Å². The number of carbonyl (C=O) groups excluding carboxylic acids is 1. The van der Waals surface area contributed by atoms with Crippen molar-refractivity contribution in [3.05, 3.63) is 77.7 Å². The zero-order valence-electron chi connectivity index (χ0n) is 17.6. The Balaban J connectivity index is 1.31. The molecule has 0 saturated carbocycles. The van der Waals surface area contributed by atoms with Crippen LogP contribution in [0.4, 0.5) is 4.39 Å². The third-order valence-corrected chi connectivity index (χ3v) is 5.64. The van der Waals surface area contributed by atoms with Crippen molar-refractivity contribution in [3.8, 4) is 11.3 Å². The maximum atomic E-state index is 13.1. The van der Waals surface area contributed by atoms with Crippen LogP contribution in [0.2, 0.25) is 0 Å². The van der Waals surface area contributed by atoms with Gasteiger partial charge in [0.1, 0.15) is 23.3 Å². The van der Waals surface area contributed by atoms with Gasteiger partial charge in [-0.25, -0.2) is 9.37 Å². The van der Waals surface area contributed by atoms with Gasteiger partial charge in [-0.1, -0.05) is 17.3 Å². The molecule has 9 heteroatoms. The molecule has 0 N–H and O–H groups in total. The minimum Gasteiger partial charge on any atom is -0.443 e. The third kappa shape index (κ3) is 3.93. The smallest absolute Gasteiger partial charge is 0.293 e. The standard InChI is InChI=1S/C23H22FN5O3/c1-2-28-14-16(12-26-28)19-11-21(32-27-19)23(30)29-9-3-4-20(29)22-25-13-18(31-22)10-15-5-7-17(24)8-6-15/h5-8,11-14,20H,2-4,9-10H2,1H3/t20-/m1/s1. The maximum absolute atomic E-state index is 13.1. The van der Waals surface area contributed by atoms with Crippen molar-refractivity contribution in [3.63, 3.8) is 0 Å². The molecule has 1 atom stereocenters. The minimum atomic E-state index is -0.276. The van der Waals surface area contributed by atoms with E-state index in [9.17, 15) is 9.18 Å². The summed E-state index contributed by atoms with van der Waals surface area (Å²) in [5.41, 5.74) is 2.29. The summed E-state index contributed by atoms with van der Waals surface area (Å²) in [7, 11) is 0. The van der Waals surface area contributed by atoms with Crippen molar-refractivity contribution >= 4 is 5.91 Å². The lowest BCUT2D eigenvalue weighted by atomic mass is 10.1. The van der Waals surface area contributed by atoms with Gasteiger partial charge in [-0.3, -0.25) is 9.48 Å². The van der Waals surface area contributed by atoms with Crippen molar-refractivity contribution < 1.29 is 18.1 Å². The zero-order chi connectivity index (χ0) is 22.1. The molecule has 8 nitrogen and oxygen atoms in total. The summed E-state index contributed by atoms with van der Waals surface area (Å²) >= 11 is 0. The number of likely N-dealkylation sites (tertiary alicyclic amines) is 1. The van der Waals surface area contributed by atoms with Gasteiger partial charge in [0.2, 0.25) is 11.7 Å². The highest BCUT2D eigenvalue weighted by atomic mass is 19.1. The van der Waals surface area contributed by atoms with Crippen LogP contribution in [0.5, 0.6) is 0 Å². The number of aromatic nitrogens is 4. The van der Waals surface area contributed by atoms with Crippen LogP contribution in [0, 0.1) is 5.82 Å². The van der Waals surface area contributed by atoms with Gasteiger partial charge in [0, 0.05) is 37.3 Å². The Morgan fingerprint density at radius 3 is 2.88 bits per heavy atom. The van der Waals surface area contributed by atoms with Gasteiger partial charge in [0.05, 0.1) is 12.4 Å². The number of hydrogen-bond donors (Lipinski definition) is 0. The first-order valence-corrected chi connectivity index (χ1v) is 10.6. The van der Waals surface area contributed by atoms with Crippen LogP contribution in [-0.4, -0.2) is 37.3 Å². The zero-order valence-corrected chi connectivity index (χ0v) is 17.6. The van der Waals surface area contributed by atoms with Crippen molar-refractivity contribution in [1.82, 2.24) is 24.8 Å². The Kier molecular flexibility index (Phi) is 5.30. The van der Waals surface area contributed by atoms with E-state index in [2.05, 4.69) is 15.2 Å². The Morgan fingerprint density at radius 2 is 2.09 bits per heavy atom. The van der Waals surface area contributed by atoms with E-state index in [1.165, 1.54) is 12.1 Å². The highest BCUT2D eigenvalue weighted by Gasteiger charge is 2.35. The molecule has 0 aliphatic carbocycles. The average molecular weight is 435 g/mol. The van der Waals surface area contributed by atoms with Gasteiger partial charge in [-0.2, -0.15) is 5.10 Å². The summed E-state index contributed by atoms with van der Waals surface area (Å²) in [4.78, 5) is 19.3. The molecule has 1 aromatic carbocycles. The van der Waals surface area contributed by atoms with Crippen LogP contribution >= 0.6 is 0 Å². The fourth-order valence-corrected chi connectivity index (χ4v) is 3.95. The van der Waals surface area contributed by atoms with Gasteiger partial charge < -0.3 is 13.8 Å². The van der Waals surface area contributed by atoms with Crippen molar-refractivity contribution in [2.75, 3.05) is 6.54 Å². The van der Waals surface area contributed by atoms with Crippen molar-refractivity contribution in [1.29, 1.82) is 0 Å². The molecule has 1 aliphatic rings. The molecule has 5 rings (SSSR count). The molecule has 1 aliphatic heterocycles. The molecular formula is C23H22FN5O3. The van der Waals surface area contributed by atoms with E-state index in [0.717, 1.165) is 30.5 Å². The Hall–Kier alpha value is -3.75. The lowest BCUT2D eigenvalue weighted by Gasteiger charge is -2.20. The Bertz CT molecular complexity index is 1230. The topological polar surface area (TPSA) is 90.2 Å². The van der Waals surface area contributed by atoms with E-state index in [0.29, 0.717) is 30.3 Å². The van der Waals surface area contributed by atoms with Gasteiger partial charge >= 0.3 is 0 Å². The van der Waals surface area contributed by atoms with Crippen LogP contribution in [-0.2, 0) is 13.0 Å². The fraction of sp³-hybridized carbons (Fsp3) is 0.304. The summed E-state index contributed by atoms with van der Waals surface area (Å²) in [5.74, 6) is 0.821. The van der Waals surface area contributed by atoms with Crippen molar-refractivity contribution in [2.24, 2.45) is 0 Å². The molecule has 1 amide bonds. The van der Waals surface area contributed by atoms with Crippen LogP contribution in [0.15, 0.2) is 57.9 Å². The number of nitrogens with zero attached hydrogens (tertiary/aromatic N) is 5. The second kappa shape index (κ2) is 8.41. The number of benzene rings is 1. The summed E-state index contributed by atoms with van der Waals surface area (Å²) < 4.78 is 26.2. The molecule has 1 fully saturated rings. The number of oxazole rings is 1. The average Bonchev–Trinajstić information content (AvgIpc) is 3.60. The van der Waals surface area contributed by atoms with E-state index in [1.54, 1.807) is 40.2 Å². The van der Waals surface area contributed by atoms with E-state index in [4.69, 9.17) is 8.94 Å². The summed E-state index contributed by atoms with van der Waals surface area (Å²) in [6, 6.07) is 7.65. The molecule has 3 aromatic heterocycles. The van der Waals surface area contributed by atoms with Crippen molar-refractivity contribution in [2.45, 2.75) is 38.8 Å². The van der Waals surface area contributed by atoms with Gasteiger partial charge in [-0.05, 0) is 37.5 Å². The number of rotatable bonds is 6. The number of aryl methyl sites for hydroxylation is 1. The minimum absolute atomic E-state index is 0.175. The summed E-state index contributed by atoms with van der Waals surface area (Å²) in [5, 5.41) is 8.27. The molecule has 4 heterocycles. The number of halogens is 1. The van der Waals surface area contributed by atoms with Crippen LogP contribution in [0.3, 0.4) is 0 Å². The molecule has 32 heavy (non-hydrogen) atoms. The molecule has 1 saturated heterocycles. The second-order valence-electron chi connectivity index (χ2n) is 7.79. The Morgan fingerprint density at radius 1 is 1.25 bits per heavy atom. The first-order chi connectivity index (χ1) is 15.6. The second-order valence-corrected chi connectivity index (χ2v) is 7.79. The lowest BCUT2D eigenvalue weighted by Crippen LogP contribution is -2.30. The first kappa shape index (κ1) is 20.2. The molecule has 0 bridgehead atoms. The van der Waals surface area contributed by atoms with Crippen LogP contribution < -0.4 is 0 Å². The van der Waals surface area contributed by atoms with Gasteiger partial charge in [0.15, 0.2) is 0 Å². The third-order valence-electron chi connectivity index (χ3n) is 5.64. The van der Waals surface area contributed by atoms with Gasteiger partial charge in [-0.15, -0.1) is 0 Å². The van der Waals surface area contributed by atoms with E-state index < -0.39 is 0 Å². The lowest BCUT2D eigenvalue weighted by molar-refractivity contribution is 0.0672. The highest BCUT2D eigenvalue weighted by Crippen LogP contribution is 2.33. The van der Waals surface area contributed by atoms with E-state index in [1.807, 2.05) is 13.1 Å². The summed E-state index contributed by atoms with van der Waals surface area (Å²) in [6.45, 7) is 3.33. The summed E-state index contributed by atoms with van der Waals surface area (Å²) in [6.07, 6.45) is 7.33. The quantitative estimate of drug-likeness (QED) is 0.450. The van der Waals surface area contributed by atoms with E-state index >= 15 is 0 Å². The molecule has 164 valence electrons. The monoisotopic (exact) mass is 435 g/mol. The SMILES string of the molecule is CCn1cc(-c2cc(C(=O)N3CCC[C@@H]3c3ncc(Cc4ccc(F)cc4)o3)on2)cn1. The molecule has 0 unspecified atom stereocenters. The molecule has 0 radical (unpaired) electrons. The fourth-order valence-electron chi connectivity index (χ4n) is 3.95. The van der Waals surface area contributed by atoms with Gasteiger partial charge in [0.25, 0.3) is 5.91 Å². The van der Waals surface area contributed by atoms with Crippen LogP contribution in [0.1, 0.15) is 53.6 Å². The normalized spacial score (nSPS) is 16.1. The largest absolute Gasteiger partial charge is 0.443 e. The number of hydrogen-bond acceptors (Lipinski definition) is 6. The molecule has 0 spiro atoms.